The Bertz CT molecular complexity index is 551. The molecule has 0 aromatic carbocycles. The Morgan fingerprint density at radius 3 is 2.78 bits per heavy atom. The number of methoxy groups -OCH3 is 1. The number of pyridine rings is 1. The lowest BCUT2D eigenvalue weighted by molar-refractivity contribution is 0.276. The predicted molar refractivity (Wildman–Crippen MR) is 65.3 cm³/mol. The van der Waals surface area contributed by atoms with E-state index in [0.29, 0.717) is 12.2 Å². The normalized spacial score (nSPS) is 10.7. The summed E-state index contributed by atoms with van der Waals surface area (Å²) in [5, 5.41) is 16.7. The van der Waals surface area contributed by atoms with Crippen LogP contribution in [-0.4, -0.2) is 32.2 Å². The number of nitrogens with zero attached hydrogens (tertiary/aromatic N) is 4. The van der Waals surface area contributed by atoms with E-state index in [9.17, 15) is 0 Å². The predicted octanol–water partition coefficient (Wildman–Crippen LogP) is 0.839. The fourth-order valence-electron chi connectivity index (χ4n) is 1.87. The van der Waals surface area contributed by atoms with E-state index in [1.54, 1.807) is 24.2 Å². The van der Waals surface area contributed by atoms with E-state index in [1.807, 2.05) is 13.8 Å². The molecule has 0 amide bonds. The molecule has 18 heavy (non-hydrogen) atoms. The zero-order chi connectivity index (χ0) is 13.1. The lowest BCUT2D eigenvalue weighted by Gasteiger charge is -2.11. The molecular formula is C12H16N4O2. The molecule has 1 N–H and O–H groups in total. The topological polar surface area (TPSA) is 73.1 Å². The van der Waals surface area contributed by atoms with Crippen LogP contribution in [0.4, 0.5) is 0 Å². The second kappa shape index (κ2) is 5.14. The molecule has 2 aromatic rings. The summed E-state index contributed by atoms with van der Waals surface area (Å²) >= 11 is 0. The SMILES string of the molecule is COc1c(C)cnc(Cn2cc(CO)nn2)c1C. The average molecular weight is 248 g/mol. The summed E-state index contributed by atoms with van der Waals surface area (Å²) in [6, 6.07) is 0. The molecule has 0 atom stereocenters. The summed E-state index contributed by atoms with van der Waals surface area (Å²) in [6.45, 7) is 4.33. The Labute approximate surface area is 105 Å². The van der Waals surface area contributed by atoms with Crippen LogP contribution in [-0.2, 0) is 13.2 Å². The van der Waals surface area contributed by atoms with Gasteiger partial charge in [-0.15, -0.1) is 5.10 Å². The third-order valence-corrected chi connectivity index (χ3v) is 2.81. The summed E-state index contributed by atoms with van der Waals surface area (Å²) in [6.07, 6.45) is 3.48. The third-order valence-electron chi connectivity index (χ3n) is 2.81. The molecule has 6 nitrogen and oxygen atoms in total. The monoisotopic (exact) mass is 248 g/mol. The van der Waals surface area contributed by atoms with Gasteiger partial charge in [0.05, 0.1) is 32.2 Å². The fraction of sp³-hybridized carbons (Fsp3) is 0.417. The first-order valence-corrected chi connectivity index (χ1v) is 5.64. The van der Waals surface area contributed by atoms with Crippen LogP contribution in [0, 0.1) is 13.8 Å². The zero-order valence-electron chi connectivity index (χ0n) is 10.7. The van der Waals surface area contributed by atoms with Gasteiger partial charge in [-0.25, -0.2) is 4.68 Å². The number of hydrogen-bond acceptors (Lipinski definition) is 5. The molecule has 0 saturated carbocycles. The number of aromatic nitrogens is 4. The van der Waals surface area contributed by atoms with Crippen molar-refractivity contribution in [1.29, 1.82) is 0 Å². The molecule has 0 aliphatic carbocycles. The number of hydrogen-bond donors (Lipinski definition) is 1. The van der Waals surface area contributed by atoms with Gasteiger partial charge in [0.2, 0.25) is 0 Å². The van der Waals surface area contributed by atoms with Crippen molar-refractivity contribution in [3.05, 3.63) is 34.9 Å². The summed E-state index contributed by atoms with van der Waals surface area (Å²) < 4.78 is 7.00. The summed E-state index contributed by atoms with van der Waals surface area (Å²) in [4.78, 5) is 4.39. The first-order valence-electron chi connectivity index (χ1n) is 5.64. The molecule has 2 rings (SSSR count). The van der Waals surface area contributed by atoms with Gasteiger partial charge in [0.15, 0.2) is 0 Å². The van der Waals surface area contributed by atoms with Gasteiger partial charge in [-0.3, -0.25) is 4.98 Å². The Morgan fingerprint density at radius 1 is 1.39 bits per heavy atom. The van der Waals surface area contributed by atoms with Gasteiger partial charge < -0.3 is 9.84 Å². The van der Waals surface area contributed by atoms with E-state index in [2.05, 4.69) is 15.3 Å². The highest BCUT2D eigenvalue weighted by atomic mass is 16.5. The Balaban J connectivity index is 2.29. The van der Waals surface area contributed by atoms with E-state index < -0.39 is 0 Å². The standard InChI is InChI=1S/C12H16N4O2/c1-8-4-13-11(9(2)12(8)18-3)6-16-5-10(7-17)14-15-16/h4-5,17H,6-7H2,1-3H3. The van der Waals surface area contributed by atoms with Gasteiger partial charge in [0, 0.05) is 17.3 Å². The van der Waals surface area contributed by atoms with Gasteiger partial charge >= 0.3 is 0 Å². The molecule has 6 heteroatoms. The van der Waals surface area contributed by atoms with Crippen molar-refractivity contribution in [1.82, 2.24) is 20.0 Å². The molecule has 0 spiro atoms. The van der Waals surface area contributed by atoms with E-state index in [0.717, 1.165) is 22.6 Å². The van der Waals surface area contributed by atoms with Crippen molar-refractivity contribution in [2.24, 2.45) is 0 Å². The smallest absolute Gasteiger partial charge is 0.128 e. The largest absolute Gasteiger partial charge is 0.496 e. The maximum atomic E-state index is 8.94. The van der Waals surface area contributed by atoms with Crippen LogP contribution in [0.1, 0.15) is 22.5 Å². The van der Waals surface area contributed by atoms with E-state index in [1.165, 1.54) is 0 Å². The van der Waals surface area contributed by atoms with Gasteiger partial charge in [-0.2, -0.15) is 0 Å². The van der Waals surface area contributed by atoms with Gasteiger partial charge in [0.25, 0.3) is 0 Å². The number of aliphatic hydroxyl groups excluding tert-OH is 1. The Hall–Kier alpha value is -1.95. The molecule has 0 radical (unpaired) electrons. The van der Waals surface area contributed by atoms with Crippen LogP contribution in [0.15, 0.2) is 12.4 Å². The molecule has 0 fully saturated rings. The number of rotatable bonds is 4. The molecule has 0 aliphatic rings. The van der Waals surface area contributed by atoms with Crippen molar-refractivity contribution < 1.29 is 9.84 Å². The van der Waals surface area contributed by atoms with Crippen molar-refractivity contribution in [2.75, 3.05) is 7.11 Å². The number of aryl methyl sites for hydroxylation is 1. The van der Waals surface area contributed by atoms with Crippen LogP contribution in [0.5, 0.6) is 5.75 Å². The van der Waals surface area contributed by atoms with Crippen LogP contribution in [0.2, 0.25) is 0 Å². The fourth-order valence-corrected chi connectivity index (χ4v) is 1.87. The molecule has 2 heterocycles. The average Bonchev–Trinajstić information content (AvgIpc) is 2.81. The molecule has 0 bridgehead atoms. The minimum absolute atomic E-state index is 0.108. The molecule has 0 saturated heterocycles. The lowest BCUT2D eigenvalue weighted by Crippen LogP contribution is -2.06. The molecule has 0 aliphatic heterocycles. The summed E-state index contributed by atoms with van der Waals surface area (Å²) in [5.74, 6) is 0.850. The van der Waals surface area contributed by atoms with Gasteiger partial charge in [-0.05, 0) is 13.8 Å². The van der Waals surface area contributed by atoms with Crippen LogP contribution in [0.3, 0.4) is 0 Å². The highest BCUT2D eigenvalue weighted by Crippen LogP contribution is 2.24. The molecule has 96 valence electrons. The maximum Gasteiger partial charge on any atom is 0.128 e. The van der Waals surface area contributed by atoms with Crippen LogP contribution in [0.25, 0.3) is 0 Å². The van der Waals surface area contributed by atoms with Crippen molar-refractivity contribution in [3.63, 3.8) is 0 Å². The molecular weight excluding hydrogens is 232 g/mol. The van der Waals surface area contributed by atoms with Gasteiger partial charge in [0.1, 0.15) is 11.4 Å². The highest BCUT2D eigenvalue weighted by molar-refractivity contribution is 5.41. The first kappa shape index (κ1) is 12.5. The van der Waals surface area contributed by atoms with Crippen molar-refractivity contribution in [3.8, 4) is 5.75 Å². The van der Waals surface area contributed by atoms with E-state index in [4.69, 9.17) is 9.84 Å². The van der Waals surface area contributed by atoms with Crippen molar-refractivity contribution >= 4 is 0 Å². The second-order valence-electron chi connectivity index (χ2n) is 4.11. The lowest BCUT2D eigenvalue weighted by atomic mass is 10.1. The van der Waals surface area contributed by atoms with Crippen molar-refractivity contribution in [2.45, 2.75) is 27.0 Å². The Morgan fingerprint density at radius 2 is 2.17 bits per heavy atom. The molecule has 2 aromatic heterocycles. The third kappa shape index (κ3) is 2.33. The second-order valence-corrected chi connectivity index (χ2v) is 4.11. The van der Waals surface area contributed by atoms with Gasteiger partial charge in [-0.1, -0.05) is 5.21 Å². The zero-order valence-corrected chi connectivity index (χ0v) is 10.7. The first-order chi connectivity index (χ1) is 8.65. The quantitative estimate of drug-likeness (QED) is 0.868. The minimum Gasteiger partial charge on any atom is -0.496 e. The molecule has 0 unspecified atom stereocenters. The highest BCUT2D eigenvalue weighted by Gasteiger charge is 2.10. The van der Waals surface area contributed by atoms with Crippen LogP contribution < -0.4 is 4.74 Å². The number of aliphatic hydroxyl groups is 1. The minimum atomic E-state index is -0.108. The summed E-state index contributed by atoms with van der Waals surface area (Å²) in [7, 11) is 1.65. The number of ether oxygens (including phenoxy) is 1. The summed E-state index contributed by atoms with van der Waals surface area (Å²) in [5.41, 5.74) is 3.44. The van der Waals surface area contributed by atoms with E-state index in [-0.39, 0.29) is 6.61 Å². The Kier molecular flexibility index (Phi) is 3.57. The van der Waals surface area contributed by atoms with Crippen LogP contribution >= 0.6 is 0 Å². The van der Waals surface area contributed by atoms with E-state index >= 15 is 0 Å². The maximum absolute atomic E-state index is 8.94.